The Bertz CT molecular complexity index is 354. The molecule has 0 aromatic heterocycles. The maximum atomic E-state index is 10.1. The summed E-state index contributed by atoms with van der Waals surface area (Å²) >= 11 is 3.45. The Balaban J connectivity index is 2.53. The number of aliphatic hydroxyl groups is 1. The van der Waals surface area contributed by atoms with Crippen molar-refractivity contribution in [3.63, 3.8) is 0 Å². The smallest absolute Gasteiger partial charge is 0.0583 e. The van der Waals surface area contributed by atoms with Gasteiger partial charge in [0, 0.05) is 4.47 Å². The summed E-state index contributed by atoms with van der Waals surface area (Å²) in [5.74, 6) is 0.518. The van der Waals surface area contributed by atoms with E-state index < -0.39 is 0 Å². The molecule has 0 aliphatic carbocycles. The number of benzene rings is 1. The first kappa shape index (κ1) is 14.7. The third-order valence-corrected chi connectivity index (χ3v) is 3.96. The fraction of sp³-hybridized carbons (Fsp3) is 0.600. The van der Waals surface area contributed by atoms with Gasteiger partial charge in [0.25, 0.3) is 0 Å². The molecule has 0 aliphatic heterocycles. The summed E-state index contributed by atoms with van der Waals surface area (Å²) in [4.78, 5) is 0. The topological polar surface area (TPSA) is 20.2 Å². The van der Waals surface area contributed by atoms with Gasteiger partial charge in [-0.2, -0.15) is 0 Å². The van der Waals surface area contributed by atoms with Crippen LogP contribution in [0.3, 0.4) is 0 Å². The Kier molecular flexibility index (Phi) is 5.21. The van der Waals surface area contributed by atoms with Gasteiger partial charge >= 0.3 is 0 Å². The molecule has 0 saturated heterocycles. The maximum absolute atomic E-state index is 10.1. The van der Waals surface area contributed by atoms with Gasteiger partial charge in [-0.1, -0.05) is 55.8 Å². The van der Waals surface area contributed by atoms with Gasteiger partial charge in [0.05, 0.1) is 6.10 Å². The molecule has 2 unspecified atom stereocenters. The monoisotopic (exact) mass is 298 g/mol. The van der Waals surface area contributed by atoms with E-state index in [4.69, 9.17) is 0 Å². The average molecular weight is 299 g/mol. The van der Waals surface area contributed by atoms with E-state index >= 15 is 0 Å². The van der Waals surface area contributed by atoms with E-state index in [-0.39, 0.29) is 11.5 Å². The second kappa shape index (κ2) is 6.01. The van der Waals surface area contributed by atoms with Crippen molar-refractivity contribution in [2.75, 3.05) is 0 Å². The third kappa shape index (κ3) is 5.22. The van der Waals surface area contributed by atoms with E-state index in [9.17, 15) is 5.11 Å². The molecule has 1 N–H and O–H groups in total. The quantitative estimate of drug-likeness (QED) is 0.872. The van der Waals surface area contributed by atoms with Gasteiger partial charge in [-0.3, -0.25) is 0 Å². The fourth-order valence-corrected chi connectivity index (χ4v) is 2.23. The lowest BCUT2D eigenvalue weighted by atomic mass is 9.78. The molecule has 0 saturated carbocycles. The van der Waals surface area contributed by atoms with Gasteiger partial charge in [0.1, 0.15) is 0 Å². The highest BCUT2D eigenvalue weighted by Crippen LogP contribution is 2.29. The SMILES string of the molecule is CC(CC(O)Cc1cccc(Br)c1)C(C)(C)C. The van der Waals surface area contributed by atoms with Crippen LogP contribution in [-0.4, -0.2) is 11.2 Å². The molecule has 0 radical (unpaired) electrons. The van der Waals surface area contributed by atoms with Crippen molar-refractivity contribution in [1.29, 1.82) is 0 Å². The molecule has 17 heavy (non-hydrogen) atoms. The van der Waals surface area contributed by atoms with Crippen molar-refractivity contribution in [2.24, 2.45) is 11.3 Å². The molecule has 0 spiro atoms. The van der Waals surface area contributed by atoms with Crippen LogP contribution in [0.5, 0.6) is 0 Å². The van der Waals surface area contributed by atoms with E-state index in [0.717, 1.165) is 17.3 Å². The predicted octanol–water partition coefficient (Wildman–Crippen LogP) is 4.42. The first-order valence-electron chi connectivity index (χ1n) is 6.21. The van der Waals surface area contributed by atoms with Crippen molar-refractivity contribution in [1.82, 2.24) is 0 Å². The number of hydrogen-bond acceptors (Lipinski definition) is 1. The highest BCUT2D eigenvalue weighted by molar-refractivity contribution is 9.10. The molecule has 96 valence electrons. The van der Waals surface area contributed by atoms with Gasteiger partial charge < -0.3 is 5.11 Å². The van der Waals surface area contributed by atoms with Crippen molar-refractivity contribution < 1.29 is 5.11 Å². The number of aliphatic hydroxyl groups excluding tert-OH is 1. The van der Waals surface area contributed by atoms with Gasteiger partial charge in [0.15, 0.2) is 0 Å². The Morgan fingerprint density at radius 1 is 1.29 bits per heavy atom. The minimum absolute atomic E-state index is 0.251. The van der Waals surface area contributed by atoms with Crippen LogP contribution in [0.4, 0.5) is 0 Å². The van der Waals surface area contributed by atoms with E-state index in [0.29, 0.717) is 5.92 Å². The van der Waals surface area contributed by atoms with Crippen LogP contribution >= 0.6 is 15.9 Å². The molecular weight excluding hydrogens is 276 g/mol. The predicted molar refractivity (Wildman–Crippen MR) is 77.1 cm³/mol. The van der Waals surface area contributed by atoms with E-state index in [2.05, 4.69) is 55.8 Å². The Morgan fingerprint density at radius 2 is 1.94 bits per heavy atom. The van der Waals surface area contributed by atoms with Gasteiger partial charge in [-0.25, -0.2) is 0 Å². The minimum Gasteiger partial charge on any atom is -0.393 e. The summed E-state index contributed by atoms with van der Waals surface area (Å²) in [6.45, 7) is 8.89. The molecule has 1 aromatic carbocycles. The molecule has 0 amide bonds. The van der Waals surface area contributed by atoms with Gasteiger partial charge in [0.2, 0.25) is 0 Å². The van der Waals surface area contributed by atoms with Gasteiger partial charge in [-0.05, 0) is 41.9 Å². The zero-order valence-electron chi connectivity index (χ0n) is 11.2. The Hall–Kier alpha value is -0.340. The Labute approximate surface area is 113 Å². The van der Waals surface area contributed by atoms with Crippen LogP contribution in [0.1, 0.15) is 39.7 Å². The summed E-state index contributed by atoms with van der Waals surface area (Å²) in [5, 5.41) is 10.1. The highest BCUT2D eigenvalue weighted by Gasteiger charge is 2.22. The van der Waals surface area contributed by atoms with Crippen LogP contribution in [0.15, 0.2) is 28.7 Å². The first-order chi connectivity index (χ1) is 7.79. The zero-order valence-corrected chi connectivity index (χ0v) is 12.8. The number of halogens is 1. The van der Waals surface area contributed by atoms with Crippen molar-refractivity contribution >= 4 is 15.9 Å². The second-order valence-electron chi connectivity index (χ2n) is 5.99. The van der Waals surface area contributed by atoms with Crippen LogP contribution in [-0.2, 0) is 6.42 Å². The largest absolute Gasteiger partial charge is 0.393 e. The van der Waals surface area contributed by atoms with Crippen molar-refractivity contribution in [3.05, 3.63) is 34.3 Å². The van der Waals surface area contributed by atoms with Crippen LogP contribution in [0.2, 0.25) is 0 Å². The fourth-order valence-electron chi connectivity index (χ4n) is 1.78. The van der Waals surface area contributed by atoms with Crippen molar-refractivity contribution in [3.8, 4) is 0 Å². The summed E-state index contributed by atoms with van der Waals surface area (Å²) in [6.07, 6.45) is 1.34. The summed E-state index contributed by atoms with van der Waals surface area (Å²) in [5.41, 5.74) is 1.45. The first-order valence-corrected chi connectivity index (χ1v) is 7.01. The standard InChI is InChI=1S/C15H23BrO/c1-11(15(2,3)4)8-14(17)10-12-6-5-7-13(16)9-12/h5-7,9,11,14,17H,8,10H2,1-4H3. The summed E-state index contributed by atoms with van der Waals surface area (Å²) in [6, 6.07) is 8.16. The Morgan fingerprint density at radius 3 is 2.47 bits per heavy atom. The summed E-state index contributed by atoms with van der Waals surface area (Å²) < 4.78 is 1.08. The molecule has 1 aromatic rings. The van der Waals surface area contributed by atoms with Crippen LogP contribution < -0.4 is 0 Å². The molecule has 0 fully saturated rings. The summed E-state index contributed by atoms with van der Waals surface area (Å²) in [7, 11) is 0. The highest BCUT2D eigenvalue weighted by atomic mass is 79.9. The molecule has 0 heterocycles. The lowest BCUT2D eigenvalue weighted by Crippen LogP contribution is -2.24. The third-order valence-electron chi connectivity index (χ3n) is 3.46. The molecular formula is C15H23BrO. The molecule has 0 bridgehead atoms. The normalized spacial score (nSPS) is 15.6. The van der Waals surface area contributed by atoms with Crippen molar-refractivity contribution in [2.45, 2.75) is 46.6 Å². The average Bonchev–Trinajstić information content (AvgIpc) is 2.15. The molecule has 1 rings (SSSR count). The molecule has 1 nitrogen and oxygen atoms in total. The van der Waals surface area contributed by atoms with E-state index in [1.807, 2.05) is 12.1 Å². The van der Waals surface area contributed by atoms with E-state index in [1.54, 1.807) is 0 Å². The maximum Gasteiger partial charge on any atom is 0.0583 e. The van der Waals surface area contributed by atoms with Gasteiger partial charge in [-0.15, -0.1) is 0 Å². The van der Waals surface area contributed by atoms with Crippen LogP contribution in [0, 0.1) is 11.3 Å². The minimum atomic E-state index is -0.251. The zero-order chi connectivity index (χ0) is 13.1. The number of hydrogen-bond donors (Lipinski definition) is 1. The van der Waals surface area contributed by atoms with Crippen LogP contribution in [0.25, 0.3) is 0 Å². The molecule has 2 atom stereocenters. The number of rotatable bonds is 4. The van der Waals surface area contributed by atoms with E-state index in [1.165, 1.54) is 5.56 Å². The lowest BCUT2D eigenvalue weighted by Gasteiger charge is -2.29. The molecule has 0 aliphatic rings. The second-order valence-corrected chi connectivity index (χ2v) is 6.91. The lowest BCUT2D eigenvalue weighted by molar-refractivity contribution is 0.110. The molecule has 2 heteroatoms.